The molecule has 110 valence electrons. The van der Waals surface area contributed by atoms with Crippen LogP contribution in [0.25, 0.3) is 6.08 Å². The summed E-state index contributed by atoms with van der Waals surface area (Å²) in [5.74, 6) is -2.53. The van der Waals surface area contributed by atoms with Crippen LogP contribution in [-0.4, -0.2) is 5.91 Å². The van der Waals surface area contributed by atoms with Crippen molar-refractivity contribution in [2.45, 2.75) is 0 Å². The molecule has 2 aromatic carbocycles. The molecule has 22 heavy (non-hydrogen) atoms. The Labute approximate surface area is 130 Å². The van der Waals surface area contributed by atoms with Gasteiger partial charge < -0.3 is 5.32 Å². The zero-order valence-electron chi connectivity index (χ0n) is 11.1. The van der Waals surface area contributed by atoms with Crippen molar-refractivity contribution in [1.29, 1.82) is 5.26 Å². The van der Waals surface area contributed by atoms with Gasteiger partial charge >= 0.3 is 0 Å². The van der Waals surface area contributed by atoms with Gasteiger partial charge in [0.15, 0.2) is 0 Å². The third-order valence-corrected chi connectivity index (χ3v) is 3.11. The predicted molar refractivity (Wildman–Crippen MR) is 80.0 cm³/mol. The van der Waals surface area contributed by atoms with E-state index in [4.69, 9.17) is 16.9 Å². The van der Waals surface area contributed by atoms with E-state index in [1.165, 1.54) is 6.07 Å². The molecule has 0 aromatic heterocycles. The predicted octanol–water partition coefficient (Wildman–Crippen LogP) is 4.16. The first kappa shape index (κ1) is 15.7. The van der Waals surface area contributed by atoms with Crippen LogP contribution in [0.5, 0.6) is 0 Å². The molecule has 0 saturated carbocycles. The summed E-state index contributed by atoms with van der Waals surface area (Å²) < 4.78 is 27.1. The molecule has 1 amide bonds. The molecule has 0 radical (unpaired) electrons. The van der Waals surface area contributed by atoms with Gasteiger partial charge in [-0.25, -0.2) is 8.78 Å². The number of nitrogens with one attached hydrogen (secondary N) is 1. The third-order valence-electron chi connectivity index (χ3n) is 2.78. The van der Waals surface area contributed by atoms with Crippen LogP contribution < -0.4 is 5.32 Å². The van der Waals surface area contributed by atoms with Crippen LogP contribution in [0.2, 0.25) is 5.02 Å². The highest BCUT2D eigenvalue weighted by atomic mass is 35.5. The SMILES string of the molecule is N#CC(=Cc1c(F)cccc1F)C(=O)Nc1ccccc1Cl. The van der Waals surface area contributed by atoms with Gasteiger partial charge in [-0.15, -0.1) is 0 Å². The number of halogens is 3. The van der Waals surface area contributed by atoms with Gasteiger partial charge in [-0.3, -0.25) is 4.79 Å². The maximum atomic E-state index is 13.6. The smallest absolute Gasteiger partial charge is 0.266 e. The number of hydrogen-bond donors (Lipinski definition) is 1. The van der Waals surface area contributed by atoms with Crippen molar-refractivity contribution in [1.82, 2.24) is 0 Å². The van der Waals surface area contributed by atoms with Crippen molar-refractivity contribution in [2.24, 2.45) is 0 Å². The van der Waals surface area contributed by atoms with Crippen molar-refractivity contribution in [3.8, 4) is 6.07 Å². The summed E-state index contributed by atoms with van der Waals surface area (Å²) >= 11 is 5.89. The molecule has 6 heteroatoms. The van der Waals surface area contributed by atoms with E-state index in [0.717, 1.165) is 18.2 Å². The summed E-state index contributed by atoms with van der Waals surface area (Å²) in [6.07, 6.45) is 0.858. The Hall–Kier alpha value is -2.71. The third kappa shape index (κ3) is 3.48. The van der Waals surface area contributed by atoms with Crippen molar-refractivity contribution in [3.05, 3.63) is 70.3 Å². The minimum absolute atomic E-state index is 0.283. The van der Waals surface area contributed by atoms with Crippen LogP contribution in [-0.2, 0) is 4.79 Å². The van der Waals surface area contributed by atoms with E-state index >= 15 is 0 Å². The lowest BCUT2D eigenvalue weighted by Crippen LogP contribution is -2.14. The molecular formula is C16H9ClF2N2O. The molecule has 0 spiro atoms. The van der Waals surface area contributed by atoms with Gasteiger partial charge in [0, 0.05) is 5.56 Å². The largest absolute Gasteiger partial charge is 0.320 e. The zero-order chi connectivity index (χ0) is 16.1. The summed E-state index contributed by atoms with van der Waals surface area (Å²) in [5.41, 5.74) is -0.596. The van der Waals surface area contributed by atoms with Crippen molar-refractivity contribution in [2.75, 3.05) is 5.32 Å². The fourth-order valence-corrected chi connectivity index (χ4v) is 1.88. The summed E-state index contributed by atoms with van der Waals surface area (Å²) in [7, 11) is 0. The average molecular weight is 319 g/mol. The molecule has 0 saturated heterocycles. The molecule has 0 unspecified atom stereocenters. The quantitative estimate of drug-likeness (QED) is 0.682. The molecule has 0 aliphatic rings. The standard InChI is InChI=1S/C16H9ClF2N2O/c17-12-4-1-2-7-15(12)21-16(22)10(9-20)8-11-13(18)5-3-6-14(11)19/h1-8H,(H,21,22). The Morgan fingerprint density at radius 3 is 2.36 bits per heavy atom. The molecule has 1 N–H and O–H groups in total. The number of carbonyl (C=O) groups is 1. The van der Waals surface area contributed by atoms with Crippen LogP contribution in [0, 0.1) is 23.0 Å². The van der Waals surface area contributed by atoms with Gasteiger partial charge in [-0.05, 0) is 30.3 Å². The summed E-state index contributed by atoms with van der Waals surface area (Å²) in [6, 6.07) is 11.3. The second-order valence-corrected chi connectivity index (χ2v) is 4.65. The Balaban J connectivity index is 2.33. The fraction of sp³-hybridized carbons (Fsp3) is 0. The molecule has 0 fully saturated rings. The molecule has 0 aliphatic carbocycles. The van der Waals surface area contributed by atoms with Crippen LogP contribution in [0.4, 0.5) is 14.5 Å². The van der Waals surface area contributed by atoms with Gasteiger partial charge in [-0.2, -0.15) is 5.26 Å². The van der Waals surface area contributed by atoms with E-state index in [2.05, 4.69) is 5.32 Å². The molecule has 2 rings (SSSR count). The maximum absolute atomic E-state index is 13.6. The van der Waals surface area contributed by atoms with Crippen LogP contribution >= 0.6 is 11.6 Å². The molecule has 0 heterocycles. The zero-order valence-corrected chi connectivity index (χ0v) is 11.9. The summed E-state index contributed by atoms with van der Waals surface area (Å²) in [5, 5.41) is 11.7. The monoisotopic (exact) mass is 318 g/mol. The van der Waals surface area contributed by atoms with E-state index in [1.807, 2.05) is 0 Å². The Bertz CT molecular complexity index is 777. The lowest BCUT2D eigenvalue weighted by atomic mass is 10.1. The average Bonchev–Trinajstić information content (AvgIpc) is 2.49. The first-order chi connectivity index (χ1) is 10.5. The molecule has 0 aliphatic heterocycles. The Morgan fingerprint density at radius 2 is 1.77 bits per heavy atom. The Morgan fingerprint density at radius 1 is 1.14 bits per heavy atom. The molecule has 0 bridgehead atoms. The van der Waals surface area contributed by atoms with E-state index in [0.29, 0.717) is 5.69 Å². The van der Waals surface area contributed by atoms with Gasteiger partial charge in [0.25, 0.3) is 5.91 Å². The van der Waals surface area contributed by atoms with E-state index in [-0.39, 0.29) is 5.02 Å². The van der Waals surface area contributed by atoms with Gasteiger partial charge in [-0.1, -0.05) is 29.8 Å². The first-order valence-electron chi connectivity index (χ1n) is 6.14. The molecule has 2 aromatic rings. The number of benzene rings is 2. The highest BCUT2D eigenvalue weighted by Crippen LogP contribution is 2.22. The second kappa shape index (κ2) is 6.83. The van der Waals surface area contributed by atoms with Gasteiger partial charge in [0.2, 0.25) is 0 Å². The number of para-hydroxylation sites is 1. The number of nitriles is 1. The van der Waals surface area contributed by atoms with Gasteiger partial charge in [0.05, 0.1) is 10.7 Å². The highest BCUT2D eigenvalue weighted by Gasteiger charge is 2.14. The topological polar surface area (TPSA) is 52.9 Å². The highest BCUT2D eigenvalue weighted by molar-refractivity contribution is 6.34. The van der Waals surface area contributed by atoms with Crippen molar-refractivity contribution < 1.29 is 13.6 Å². The maximum Gasteiger partial charge on any atom is 0.266 e. The van der Waals surface area contributed by atoms with Crippen LogP contribution in [0.1, 0.15) is 5.56 Å². The van der Waals surface area contributed by atoms with E-state index in [1.54, 1.807) is 30.3 Å². The Kier molecular flexibility index (Phi) is 4.87. The summed E-state index contributed by atoms with van der Waals surface area (Å²) in [6.45, 7) is 0. The number of rotatable bonds is 3. The number of amides is 1. The van der Waals surface area contributed by atoms with Crippen LogP contribution in [0.15, 0.2) is 48.0 Å². The van der Waals surface area contributed by atoms with Crippen molar-refractivity contribution >= 4 is 29.3 Å². The number of nitrogens with zero attached hydrogens (tertiary/aromatic N) is 1. The van der Waals surface area contributed by atoms with E-state index in [9.17, 15) is 13.6 Å². The lowest BCUT2D eigenvalue weighted by molar-refractivity contribution is -0.112. The molecule has 3 nitrogen and oxygen atoms in total. The lowest BCUT2D eigenvalue weighted by Gasteiger charge is -2.06. The first-order valence-corrected chi connectivity index (χ1v) is 6.52. The van der Waals surface area contributed by atoms with Gasteiger partial charge in [0.1, 0.15) is 23.3 Å². The minimum atomic E-state index is -0.863. The number of carbonyl (C=O) groups excluding carboxylic acids is 1. The number of hydrogen-bond acceptors (Lipinski definition) is 2. The van der Waals surface area contributed by atoms with E-state index < -0.39 is 28.7 Å². The molecular weight excluding hydrogens is 310 g/mol. The number of anilines is 1. The van der Waals surface area contributed by atoms with Crippen LogP contribution in [0.3, 0.4) is 0 Å². The normalized spacial score (nSPS) is 10.9. The fourth-order valence-electron chi connectivity index (χ4n) is 1.69. The minimum Gasteiger partial charge on any atom is -0.320 e. The van der Waals surface area contributed by atoms with Crippen molar-refractivity contribution in [3.63, 3.8) is 0 Å². The second-order valence-electron chi connectivity index (χ2n) is 4.24. The summed E-state index contributed by atoms with van der Waals surface area (Å²) in [4.78, 5) is 12.0. The molecule has 0 atom stereocenters.